The average molecular weight is 707 g/mol. The van der Waals surface area contributed by atoms with Crippen molar-refractivity contribution in [3.63, 3.8) is 0 Å². The Morgan fingerprint density at radius 3 is 2.29 bits per heavy atom. The Bertz CT molecular complexity index is 1780. The number of phenolic OH excluding ortho intramolecular Hbond substituents is 2. The summed E-state index contributed by atoms with van der Waals surface area (Å²) in [4.78, 5) is 14.7. The Morgan fingerprint density at radius 1 is 0.902 bits per heavy atom. The number of phenols is 2. The van der Waals surface area contributed by atoms with Crippen molar-refractivity contribution >= 4 is 5.78 Å². The Balaban J connectivity index is 1.19. The van der Waals surface area contributed by atoms with Crippen LogP contribution in [-0.4, -0.2) is 94.0 Å². The first-order chi connectivity index (χ1) is 23.8. The van der Waals surface area contributed by atoms with Crippen LogP contribution in [-0.2, 0) is 9.53 Å². The lowest BCUT2D eigenvalue weighted by molar-refractivity contribution is -0.247. The van der Waals surface area contributed by atoms with Gasteiger partial charge in [0.15, 0.2) is 17.3 Å². The Morgan fingerprint density at radius 2 is 1.63 bits per heavy atom. The summed E-state index contributed by atoms with van der Waals surface area (Å²) in [5, 5.41) is 94.3. The van der Waals surface area contributed by atoms with Crippen molar-refractivity contribution in [2.45, 2.75) is 132 Å². The van der Waals surface area contributed by atoms with Crippen LogP contribution in [0.1, 0.15) is 97.0 Å². The number of allylic oxidation sites excluding steroid dienone is 2. The van der Waals surface area contributed by atoms with Crippen molar-refractivity contribution in [3.05, 3.63) is 47.6 Å². The molecule has 8 N–H and O–H groups in total. The lowest BCUT2D eigenvalue weighted by Gasteiger charge is -2.67. The second kappa shape index (κ2) is 10.1. The van der Waals surface area contributed by atoms with Gasteiger partial charge in [0.25, 0.3) is 0 Å². The Hall–Kier alpha value is -2.31. The maximum absolute atomic E-state index is 14.7. The van der Waals surface area contributed by atoms with E-state index < -0.39 is 74.7 Å². The van der Waals surface area contributed by atoms with Crippen molar-refractivity contribution in [1.82, 2.24) is 0 Å². The van der Waals surface area contributed by atoms with Crippen molar-refractivity contribution in [2.75, 3.05) is 6.61 Å². The van der Waals surface area contributed by atoms with Gasteiger partial charge in [-0.2, -0.15) is 0 Å². The van der Waals surface area contributed by atoms with Gasteiger partial charge in [-0.25, -0.2) is 0 Å². The minimum Gasteiger partial charge on any atom is -0.504 e. The molecule has 0 amide bonds. The van der Waals surface area contributed by atoms with Crippen molar-refractivity contribution in [3.8, 4) is 11.5 Å². The smallest absolute Gasteiger partial charge is 0.160 e. The largest absolute Gasteiger partial charge is 0.504 e. The number of aliphatic hydroxyl groups is 6. The number of ether oxygens (including phenoxy) is 1. The highest BCUT2D eigenvalue weighted by molar-refractivity contribution is 5.96. The second-order valence-electron chi connectivity index (χ2n) is 18.9. The van der Waals surface area contributed by atoms with E-state index in [1.54, 1.807) is 12.1 Å². The standard InChI is InChI=1S/C41H54O10/c1-21-33(47)41(23-7-9-34(21,2)10-8-23)39(49,15-16-42)32-27(51-41)19-40(50)28-18-26(45)31-30(22-5-6-24(43)25(44)17-22)38(48)14-13-37(28,12-11-35(32,40)3)36(31,4)20-29(38)46/h5-7,9,17-18,21,23,27,29-33,42-44,46-50H,8,10-16,19-20H2,1-4H3. The summed E-state index contributed by atoms with van der Waals surface area (Å²) < 4.78 is 7.13. The molecule has 0 radical (unpaired) electrons. The highest BCUT2D eigenvalue weighted by Gasteiger charge is 2.84. The zero-order valence-electron chi connectivity index (χ0n) is 30.0. The third-order valence-corrected chi connectivity index (χ3v) is 17.5. The number of hydrogen-bond donors (Lipinski definition) is 8. The van der Waals surface area contributed by atoms with Crippen molar-refractivity contribution in [2.24, 2.45) is 45.3 Å². The lowest BCUT2D eigenvalue weighted by Crippen LogP contribution is -2.70. The van der Waals surface area contributed by atoms with Crippen LogP contribution < -0.4 is 0 Å². The van der Waals surface area contributed by atoms with E-state index in [0.717, 1.165) is 12.8 Å². The van der Waals surface area contributed by atoms with Gasteiger partial charge in [0.2, 0.25) is 0 Å². The average Bonchev–Trinajstić information content (AvgIpc) is 3.36. The van der Waals surface area contributed by atoms with Gasteiger partial charge in [0.1, 0.15) is 11.2 Å². The van der Waals surface area contributed by atoms with Gasteiger partial charge < -0.3 is 45.6 Å². The van der Waals surface area contributed by atoms with Gasteiger partial charge in [-0.1, -0.05) is 45.9 Å². The molecule has 10 heteroatoms. The molecule has 1 saturated heterocycles. The normalized spacial score (nSPS) is 56.4. The summed E-state index contributed by atoms with van der Waals surface area (Å²) in [5.74, 6) is -3.78. The SMILES string of the molecule is CC1C(O)C2(OC3CC4(O)C5=CC(=O)C6C(c7ccc(O)c(O)c7)C7(O)CCC5(CCC4(C)C3C2(O)CCO)C6(C)CC7O)C2C=CC1(C)CC2. The first-order valence-corrected chi connectivity index (χ1v) is 19.1. The van der Waals surface area contributed by atoms with Gasteiger partial charge >= 0.3 is 0 Å². The van der Waals surface area contributed by atoms with Gasteiger partial charge in [0.05, 0.1) is 29.5 Å². The molecule has 16 atom stereocenters. The molecule has 51 heavy (non-hydrogen) atoms. The van der Waals surface area contributed by atoms with Crippen LogP contribution >= 0.6 is 0 Å². The molecule has 11 rings (SSSR count). The van der Waals surface area contributed by atoms with E-state index in [-0.39, 0.29) is 66.8 Å². The molecule has 6 saturated carbocycles. The highest BCUT2D eigenvalue weighted by Crippen LogP contribution is 2.80. The highest BCUT2D eigenvalue weighted by atomic mass is 16.6. The molecule has 10 aliphatic rings. The van der Waals surface area contributed by atoms with E-state index in [1.807, 2.05) is 20.8 Å². The van der Waals surface area contributed by atoms with E-state index >= 15 is 0 Å². The number of hydrogen-bond acceptors (Lipinski definition) is 10. The van der Waals surface area contributed by atoms with E-state index in [4.69, 9.17) is 4.74 Å². The number of aromatic hydroxyl groups is 2. The van der Waals surface area contributed by atoms with Crippen LogP contribution in [0.5, 0.6) is 11.5 Å². The molecule has 1 heterocycles. The van der Waals surface area contributed by atoms with Crippen LogP contribution in [0.25, 0.3) is 0 Å². The van der Waals surface area contributed by atoms with Crippen LogP contribution in [0.3, 0.4) is 0 Å². The Labute approximate surface area is 298 Å². The van der Waals surface area contributed by atoms with Gasteiger partial charge in [-0.15, -0.1) is 0 Å². The van der Waals surface area contributed by atoms with E-state index in [9.17, 15) is 45.6 Å². The molecule has 1 aliphatic heterocycles. The molecule has 6 bridgehead atoms. The molecule has 0 aromatic heterocycles. The molecule has 10 nitrogen and oxygen atoms in total. The summed E-state index contributed by atoms with van der Waals surface area (Å²) in [6.45, 7) is 7.80. The van der Waals surface area contributed by atoms with E-state index in [1.165, 1.54) is 12.1 Å². The molecule has 16 unspecified atom stereocenters. The van der Waals surface area contributed by atoms with Crippen LogP contribution in [0, 0.1) is 45.3 Å². The van der Waals surface area contributed by atoms with Crippen LogP contribution in [0.2, 0.25) is 0 Å². The van der Waals surface area contributed by atoms with E-state index in [0.29, 0.717) is 30.4 Å². The summed E-state index contributed by atoms with van der Waals surface area (Å²) in [7, 11) is 0. The summed E-state index contributed by atoms with van der Waals surface area (Å²) in [6, 6.07) is 4.31. The first kappa shape index (κ1) is 34.5. The molecule has 7 fully saturated rings. The fourth-order valence-corrected chi connectivity index (χ4v) is 14.7. The minimum atomic E-state index is -1.70. The topological polar surface area (TPSA) is 188 Å². The molecule has 278 valence electrons. The number of ketones is 1. The number of carbonyl (C=O) groups excluding carboxylic acids is 1. The third kappa shape index (κ3) is 3.58. The summed E-state index contributed by atoms with van der Waals surface area (Å²) in [6.07, 6.45) is 6.28. The maximum Gasteiger partial charge on any atom is 0.160 e. The zero-order valence-corrected chi connectivity index (χ0v) is 30.0. The van der Waals surface area contributed by atoms with Gasteiger partial charge in [0, 0.05) is 54.0 Å². The van der Waals surface area contributed by atoms with Crippen LogP contribution in [0.4, 0.5) is 0 Å². The van der Waals surface area contributed by atoms with E-state index in [2.05, 4.69) is 19.1 Å². The fourth-order valence-electron chi connectivity index (χ4n) is 14.7. The van der Waals surface area contributed by atoms with Crippen molar-refractivity contribution < 1.29 is 50.4 Å². The molecule has 2 spiro atoms. The maximum atomic E-state index is 14.7. The van der Waals surface area contributed by atoms with Crippen LogP contribution in [0.15, 0.2) is 42.0 Å². The first-order valence-electron chi connectivity index (χ1n) is 19.1. The lowest BCUT2D eigenvalue weighted by atomic mass is 9.38. The quantitative estimate of drug-likeness (QED) is 0.171. The second-order valence-corrected chi connectivity index (χ2v) is 18.9. The minimum absolute atomic E-state index is 0.0338. The molecule has 9 aliphatic carbocycles. The monoisotopic (exact) mass is 706 g/mol. The zero-order chi connectivity index (χ0) is 36.5. The number of carbonyl (C=O) groups is 1. The molecular formula is C41H54O10. The number of fused-ring (bicyclic) bond motifs is 8. The van der Waals surface area contributed by atoms with Crippen molar-refractivity contribution in [1.29, 1.82) is 0 Å². The summed E-state index contributed by atoms with van der Waals surface area (Å²) >= 11 is 0. The van der Waals surface area contributed by atoms with Gasteiger partial charge in [-0.05, 0) is 91.0 Å². The molecule has 1 aromatic carbocycles. The molecule has 1 aromatic rings. The summed E-state index contributed by atoms with van der Waals surface area (Å²) in [5.41, 5.74) is -8.29. The molecular weight excluding hydrogens is 652 g/mol. The van der Waals surface area contributed by atoms with Gasteiger partial charge in [-0.3, -0.25) is 4.79 Å². The predicted molar refractivity (Wildman–Crippen MR) is 184 cm³/mol. The number of aliphatic hydroxyl groups excluding tert-OH is 3. The Kier molecular flexibility index (Phi) is 6.79. The fraction of sp³-hybridized carbons (Fsp3) is 0.732. The number of benzene rings is 1. The number of rotatable bonds is 3. The predicted octanol–water partition coefficient (Wildman–Crippen LogP) is 3.37. The third-order valence-electron chi connectivity index (χ3n) is 17.5.